The molecule has 0 unspecified atom stereocenters. The fourth-order valence-electron chi connectivity index (χ4n) is 1.71. The molecule has 1 heterocycles. The van der Waals surface area contributed by atoms with E-state index in [-0.39, 0.29) is 11.6 Å². The molecule has 0 saturated carbocycles. The number of nitrogens with zero attached hydrogens (tertiary/aromatic N) is 2. The molecular weight excluding hydrogens is 294 g/mol. The SMILES string of the molecule is COC(=O)c1cc(C)nc(Nc2ccc(OC)c(Cl)c2)n1. The summed E-state index contributed by atoms with van der Waals surface area (Å²) in [5, 5.41) is 3.45. The van der Waals surface area contributed by atoms with Gasteiger partial charge in [0.2, 0.25) is 5.95 Å². The lowest BCUT2D eigenvalue weighted by Crippen LogP contribution is -2.08. The maximum absolute atomic E-state index is 11.5. The molecule has 0 aliphatic heterocycles. The Bertz CT molecular complexity index is 677. The zero-order chi connectivity index (χ0) is 15.4. The lowest BCUT2D eigenvalue weighted by atomic mass is 10.3. The molecule has 0 fully saturated rings. The first-order valence-electron chi connectivity index (χ1n) is 6.08. The zero-order valence-electron chi connectivity index (χ0n) is 11.8. The van der Waals surface area contributed by atoms with Gasteiger partial charge in [0.05, 0.1) is 19.2 Å². The largest absolute Gasteiger partial charge is 0.495 e. The van der Waals surface area contributed by atoms with E-state index in [4.69, 9.17) is 16.3 Å². The number of methoxy groups -OCH3 is 2. The third-order valence-electron chi connectivity index (χ3n) is 2.66. The first-order chi connectivity index (χ1) is 10.0. The number of anilines is 2. The van der Waals surface area contributed by atoms with E-state index in [0.29, 0.717) is 22.2 Å². The Balaban J connectivity index is 2.29. The molecule has 1 aromatic heterocycles. The molecular formula is C14H14ClN3O3. The Morgan fingerprint density at radius 1 is 1.24 bits per heavy atom. The summed E-state index contributed by atoms with van der Waals surface area (Å²) in [6, 6.07) is 6.73. The lowest BCUT2D eigenvalue weighted by molar-refractivity contribution is 0.0594. The number of carbonyl (C=O) groups is 1. The second-order valence-electron chi connectivity index (χ2n) is 4.18. The van der Waals surface area contributed by atoms with E-state index in [2.05, 4.69) is 20.0 Å². The Kier molecular flexibility index (Phi) is 4.59. The van der Waals surface area contributed by atoms with Gasteiger partial charge in [0.15, 0.2) is 5.69 Å². The number of ether oxygens (including phenoxy) is 2. The number of benzene rings is 1. The van der Waals surface area contributed by atoms with Crippen LogP contribution in [0.2, 0.25) is 5.02 Å². The van der Waals surface area contributed by atoms with Crippen LogP contribution < -0.4 is 10.1 Å². The van der Waals surface area contributed by atoms with Crippen molar-refractivity contribution < 1.29 is 14.3 Å². The second kappa shape index (κ2) is 6.41. The number of hydrogen-bond donors (Lipinski definition) is 1. The summed E-state index contributed by atoms with van der Waals surface area (Å²) in [5.41, 5.74) is 1.52. The highest BCUT2D eigenvalue weighted by Crippen LogP contribution is 2.28. The fraction of sp³-hybridized carbons (Fsp3) is 0.214. The molecule has 110 valence electrons. The standard InChI is InChI=1S/C14H14ClN3O3/c1-8-6-11(13(19)21-3)18-14(16-8)17-9-4-5-12(20-2)10(15)7-9/h4-7H,1-3H3,(H,16,17,18). The van der Waals surface area contributed by atoms with Gasteiger partial charge in [-0.15, -0.1) is 0 Å². The Labute approximate surface area is 127 Å². The summed E-state index contributed by atoms with van der Waals surface area (Å²) in [6.45, 7) is 1.76. The summed E-state index contributed by atoms with van der Waals surface area (Å²) in [7, 11) is 2.84. The van der Waals surface area contributed by atoms with Gasteiger partial charge in [-0.05, 0) is 31.2 Å². The van der Waals surface area contributed by atoms with Crippen molar-refractivity contribution in [2.24, 2.45) is 0 Å². The van der Waals surface area contributed by atoms with Crippen LogP contribution in [0.1, 0.15) is 16.2 Å². The lowest BCUT2D eigenvalue weighted by Gasteiger charge is -2.09. The molecule has 0 aliphatic rings. The van der Waals surface area contributed by atoms with Gasteiger partial charge in [0, 0.05) is 11.4 Å². The first kappa shape index (κ1) is 15.1. The molecule has 7 heteroatoms. The average molecular weight is 308 g/mol. The fourth-order valence-corrected chi connectivity index (χ4v) is 1.96. The third-order valence-corrected chi connectivity index (χ3v) is 2.95. The molecule has 0 spiro atoms. The van der Waals surface area contributed by atoms with E-state index >= 15 is 0 Å². The van der Waals surface area contributed by atoms with Gasteiger partial charge in [-0.1, -0.05) is 11.6 Å². The maximum atomic E-state index is 11.5. The molecule has 0 amide bonds. The van der Waals surface area contributed by atoms with E-state index in [1.807, 2.05) is 0 Å². The van der Waals surface area contributed by atoms with Crippen LogP contribution in [0.5, 0.6) is 5.75 Å². The van der Waals surface area contributed by atoms with Crippen molar-refractivity contribution in [2.75, 3.05) is 19.5 Å². The van der Waals surface area contributed by atoms with E-state index in [1.54, 1.807) is 38.3 Å². The number of rotatable bonds is 4. The molecule has 2 aromatic rings. The average Bonchev–Trinajstić information content (AvgIpc) is 2.46. The van der Waals surface area contributed by atoms with Gasteiger partial charge in [0.1, 0.15) is 5.75 Å². The van der Waals surface area contributed by atoms with Crippen LogP contribution >= 0.6 is 11.6 Å². The number of carbonyl (C=O) groups excluding carboxylic acids is 1. The van der Waals surface area contributed by atoms with Crippen LogP contribution in [0.25, 0.3) is 0 Å². The van der Waals surface area contributed by atoms with E-state index in [9.17, 15) is 4.79 Å². The van der Waals surface area contributed by atoms with Gasteiger partial charge < -0.3 is 14.8 Å². The van der Waals surface area contributed by atoms with Crippen molar-refractivity contribution in [3.05, 3.63) is 40.7 Å². The molecule has 1 N–H and O–H groups in total. The number of esters is 1. The van der Waals surface area contributed by atoms with Crippen molar-refractivity contribution in [1.82, 2.24) is 9.97 Å². The normalized spacial score (nSPS) is 10.1. The summed E-state index contributed by atoms with van der Waals surface area (Å²) in [5.74, 6) is 0.343. The zero-order valence-corrected chi connectivity index (χ0v) is 12.6. The van der Waals surface area contributed by atoms with E-state index in [0.717, 1.165) is 0 Å². The number of nitrogens with one attached hydrogen (secondary N) is 1. The minimum atomic E-state index is -0.517. The van der Waals surface area contributed by atoms with Crippen molar-refractivity contribution in [2.45, 2.75) is 6.92 Å². The molecule has 0 aliphatic carbocycles. The maximum Gasteiger partial charge on any atom is 0.356 e. The van der Waals surface area contributed by atoms with Crippen molar-refractivity contribution in [1.29, 1.82) is 0 Å². The first-order valence-corrected chi connectivity index (χ1v) is 6.46. The summed E-state index contributed by atoms with van der Waals surface area (Å²) in [6.07, 6.45) is 0. The molecule has 21 heavy (non-hydrogen) atoms. The number of aryl methyl sites for hydroxylation is 1. The van der Waals surface area contributed by atoms with Gasteiger partial charge in [0.25, 0.3) is 0 Å². The summed E-state index contributed by atoms with van der Waals surface area (Å²) >= 11 is 6.05. The number of halogens is 1. The van der Waals surface area contributed by atoms with Gasteiger partial charge >= 0.3 is 5.97 Å². The van der Waals surface area contributed by atoms with Crippen LogP contribution in [0.15, 0.2) is 24.3 Å². The quantitative estimate of drug-likeness (QED) is 0.875. The molecule has 2 rings (SSSR count). The van der Waals surface area contributed by atoms with Gasteiger partial charge in [-0.2, -0.15) is 0 Å². The van der Waals surface area contributed by atoms with Crippen LogP contribution in [-0.2, 0) is 4.74 Å². The molecule has 0 radical (unpaired) electrons. The molecule has 1 aromatic carbocycles. The summed E-state index contributed by atoms with van der Waals surface area (Å²) in [4.78, 5) is 19.8. The highest BCUT2D eigenvalue weighted by molar-refractivity contribution is 6.32. The van der Waals surface area contributed by atoms with Gasteiger partial charge in [-0.3, -0.25) is 0 Å². The van der Waals surface area contributed by atoms with Crippen molar-refractivity contribution in [3.8, 4) is 5.75 Å². The molecule has 6 nitrogen and oxygen atoms in total. The minimum absolute atomic E-state index is 0.187. The van der Waals surface area contributed by atoms with Crippen LogP contribution in [0.3, 0.4) is 0 Å². The van der Waals surface area contributed by atoms with Crippen molar-refractivity contribution in [3.63, 3.8) is 0 Å². The predicted octanol–water partition coefficient (Wildman–Crippen LogP) is 2.98. The molecule has 0 saturated heterocycles. The molecule has 0 bridgehead atoms. The van der Waals surface area contributed by atoms with E-state index in [1.165, 1.54) is 7.11 Å². The second-order valence-corrected chi connectivity index (χ2v) is 4.59. The Morgan fingerprint density at radius 2 is 2.00 bits per heavy atom. The molecule has 0 atom stereocenters. The topological polar surface area (TPSA) is 73.3 Å². The number of hydrogen-bond acceptors (Lipinski definition) is 6. The highest BCUT2D eigenvalue weighted by atomic mass is 35.5. The number of aromatic nitrogens is 2. The van der Waals surface area contributed by atoms with Crippen molar-refractivity contribution >= 4 is 29.2 Å². The van der Waals surface area contributed by atoms with Crippen LogP contribution in [-0.4, -0.2) is 30.2 Å². The summed E-state index contributed by atoms with van der Waals surface area (Å²) < 4.78 is 9.73. The predicted molar refractivity (Wildman–Crippen MR) is 79.4 cm³/mol. The smallest absolute Gasteiger partial charge is 0.356 e. The van der Waals surface area contributed by atoms with E-state index < -0.39 is 5.97 Å². The van der Waals surface area contributed by atoms with Crippen LogP contribution in [0, 0.1) is 6.92 Å². The highest BCUT2D eigenvalue weighted by Gasteiger charge is 2.11. The Morgan fingerprint density at radius 3 is 2.62 bits per heavy atom. The Hall–Kier alpha value is -2.34. The third kappa shape index (κ3) is 3.61. The monoisotopic (exact) mass is 307 g/mol. The van der Waals surface area contributed by atoms with Crippen LogP contribution in [0.4, 0.5) is 11.6 Å². The minimum Gasteiger partial charge on any atom is -0.495 e. The van der Waals surface area contributed by atoms with Gasteiger partial charge in [-0.25, -0.2) is 14.8 Å².